The van der Waals surface area contributed by atoms with Crippen molar-refractivity contribution >= 4 is 29.0 Å². The molecule has 1 amide bonds. The van der Waals surface area contributed by atoms with E-state index in [2.05, 4.69) is 15.3 Å². The third kappa shape index (κ3) is 3.10. The van der Waals surface area contributed by atoms with Crippen molar-refractivity contribution in [1.29, 1.82) is 0 Å². The van der Waals surface area contributed by atoms with Crippen LogP contribution in [-0.2, 0) is 4.74 Å². The molecule has 1 saturated carbocycles. The highest BCUT2D eigenvalue weighted by Crippen LogP contribution is 2.32. The molecule has 3 rings (SSSR count). The summed E-state index contributed by atoms with van der Waals surface area (Å²) in [5.74, 6) is 0.327. The molecule has 1 heterocycles. The number of rotatable bonds is 5. The van der Waals surface area contributed by atoms with Gasteiger partial charge < -0.3 is 15.0 Å². The predicted octanol–water partition coefficient (Wildman–Crippen LogP) is 1.74. The summed E-state index contributed by atoms with van der Waals surface area (Å²) >= 11 is 4.95. The van der Waals surface area contributed by atoms with Gasteiger partial charge in [-0.15, -0.1) is 0 Å². The molecule has 22 heavy (non-hydrogen) atoms. The van der Waals surface area contributed by atoms with Crippen LogP contribution in [0.5, 0.6) is 0 Å². The van der Waals surface area contributed by atoms with E-state index in [0.717, 1.165) is 12.8 Å². The number of aromatic amines is 2. The minimum absolute atomic E-state index is 0.0332. The smallest absolute Gasteiger partial charge is 0.259 e. The fraction of sp³-hybridized carbons (Fsp3) is 0.400. The van der Waals surface area contributed by atoms with E-state index in [9.17, 15) is 9.59 Å². The maximum Gasteiger partial charge on any atom is 0.259 e. The molecule has 7 heteroatoms. The molecule has 1 unspecified atom stereocenters. The Morgan fingerprint density at radius 2 is 2.23 bits per heavy atom. The first kappa shape index (κ1) is 14.9. The van der Waals surface area contributed by atoms with Crippen LogP contribution in [0.1, 0.15) is 23.2 Å². The van der Waals surface area contributed by atoms with Gasteiger partial charge in [-0.3, -0.25) is 14.6 Å². The third-order valence-electron chi connectivity index (χ3n) is 3.86. The number of hydrogen-bond acceptors (Lipinski definition) is 4. The number of methoxy groups -OCH3 is 1. The molecule has 0 radical (unpaired) electrons. The van der Waals surface area contributed by atoms with E-state index in [4.69, 9.17) is 17.0 Å². The first-order valence-electron chi connectivity index (χ1n) is 7.14. The average Bonchev–Trinajstić information content (AvgIpc) is 3.30. The minimum Gasteiger partial charge on any atom is -0.383 e. The van der Waals surface area contributed by atoms with E-state index in [0.29, 0.717) is 29.0 Å². The van der Waals surface area contributed by atoms with Crippen molar-refractivity contribution in [3.63, 3.8) is 0 Å². The van der Waals surface area contributed by atoms with Gasteiger partial charge in [-0.05, 0) is 49.2 Å². The lowest BCUT2D eigenvalue weighted by Crippen LogP contribution is -2.39. The highest BCUT2D eigenvalue weighted by molar-refractivity contribution is 7.71. The lowest BCUT2D eigenvalue weighted by atomic mass is 10.1. The van der Waals surface area contributed by atoms with Crippen molar-refractivity contribution in [3.05, 3.63) is 38.9 Å². The van der Waals surface area contributed by atoms with Crippen LogP contribution in [0.4, 0.5) is 0 Å². The van der Waals surface area contributed by atoms with Crippen LogP contribution in [-0.4, -0.2) is 35.6 Å². The van der Waals surface area contributed by atoms with Crippen LogP contribution in [0.15, 0.2) is 23.0 Å². The van der Waals surface area contributed by atoms with Gasteiger partial charge in [-0.2, -0.15) is 0 Å². The normalized spacial score (nSPS) is 15.7. The van der Waals surface area contributed by atoms with Crippen molar-refractivity contribution in [3.8, 4) is 0 Å². The molecule has 1 aromatic carbocycles. The molecule has 0 saturated heterocycles. The average molecular weight is 319 g/mol. The summed E-state index contributed by atoms with van der Waals surface area (Å²) in [7, 11) is 1.63. The van der Waals surface area contributed by atoms with Crippen molar-refractivity contribution in [2.75, 3.05) is 13.7 Å². The van der Waals surface area contributed by atoms with Gasteiger partial charge in [-0.1, -0.05) is 0 Å². The van der Waals surface area contributed by atoms with Crippen molar-refractivity contribution in [1.82, 2.24) is 15.3 Å². The van der Waals surface area contributed by atoms with Crippen LogP contribution in [0.25, 0.3) is 10.9 Å². The summed E-state index contributed by atoms with van der Waals surface area (Å²) in [6.07, 6.45) is 2.24. The monoisotopic (exact) mass is 319 g/mol. The SMILES string of the molecule is COCC(NC(=O)c1ccc2c(=O)[nH]c(=S)[nH]c2c1)C1CC1. The number of H-pyrrole nitrogens is 2. The van der Waals surface area contributed by atoms with Gasteiger partial charge in [0.2, 0.25) is 0 Å². The molecule has 0 aliphatic heterocycles. The van der Waals surface area contributed by atoms with Crippen LogP contribution in [0, 0.1) is 10.7 Å². The first-order valence-corrected chi connectivity index (χ1v) is 7.55. The van der Waals surface area contributed by atoms with Gasteiger partial charge in [0.05, 0.1) is 23.6 Å². The maximum atomic E-state index is 12.4. The second kappa shape index (κ2) is 6.02. The zero-order valence-electron chi connectivity index (χ0n) is 12.1. The second-order valence-electron chi connectivity index (χ2n) is 5.54. The Labute approximate surface area is 131 Å². The largest absolute Gasteiger partial charge is 0.383 e. The van der Waals surface area contributed by atoms with Crippen LogP contribution >= 0.6 is 12.2 Å². The lowest BCUT2D eigenvalue weighted by Gasteiger charge is -2.17. The summed E-state index contributed by atoms with van der Waals surface area (Å²) in [5, 5.41) is 3.47. The van der Waals surface area contributed by atoms with E-state index >= 15 is 0 Å². The lowest BCUT2D eigenvalue weighted by molar-refractivity contribution is 0.0884. The quantitative estimate of drug-likeness (QED) is 0.733. The molecule has 6 nitrogen and oxygen atoms in total. The summed E-state index contributed by atoms with van der Waals surface area (Å²) in [6.45, 7) is 0.506. The molecular formula is C15H17N3O3S. The van der Waals surface area contributed by atoms with Gasteiger partial charge in [0.1, 0.15) is 0 Å². The third-order valence-corrected chi connectivity index (χ3v) is 4.06. The van der Waals surface area contributed by atoms with E-state index in [1.807, 2.05) is 0 Å². The second-order valence-corrected chi connectivity index (χ2v) is 5.95. The fourth-order valence-corrected chi connectivity index (χ4v) is 2.74. The van der Waals surface area contributed by atoms with Crippen LogP contribution in [0.3, 0.4) is 0 Å². The topological polar surface area (TPSA) is 87.0 Å². The number of carbonyl (C=O) groups excluding carboxylic acids is 1. The Bertz CT molecular complexity index is 823. The number of ether oxygens (including phenoxy) is 1. The van der Waals surface area contributed by atoms with Gasteiger partial charge in [-0.25, -0.2) is 0 Å². The Morgan fingerprint density at radius 1 is 1.45 bits per heavy atom. The number of carbonyl (C=O) groups is 1. The number of fused-ring (bicyclic) bond motifs is 1. The van der Waals surface area contributed by atoms with Gasteiger partial charge in [0.15, 0.2) is 4.77 Å². The number of amides is 1. The van der Waals surface area contributed by atoms with Crippen LogP contribution in [0.2, 0.25) is 0 Å². The van der Waals surface area contributed by atoms with Crippen molar-refractivity contribution < 1.29 is 9.53 Å². The zero-order chi connectivity index (χ0) is 15.7. The summed E-state index contributed by atoms with van der Waals surface area (Å²) < 4.78 is 5.40. The summed E-state index contributed by atoms with van der Waals surface area (Å²) in [4.78, 5) is 29.6. The number of aromatic nitrogens is 2. The molecule has 2 aromatic rings. The maximum absolute atomic E-state index is 12.4. The summed E-state index contributed by atoms with van der Waals surface area (Å²) in [6, 6.07) is 4.94. The van der Waals surface area contributed by atoms with E-state index in [1.54, 1.807) is 25.3 Å². The Hall–Kier alpha value is -1.99. The Balaban J connectivity index is 1.87. The molecule has 1 aromatic heterocycles. The zero-order valence-corrected chi connectivity index (χ0v) is 13.0. The molecule has 116 valence electrons. The molecular weight excluding hydrogens is 302 g/mol. The fourth-order valence-electron chi connectivity index (χ4n) is 2.54. The molecule has 0 bridgehead atoms. The molecule has 3 N–H and O–H groups in total. The van der Waals surface area contributed by atoms with E-state index in [1.165, 1.54) is 0 Å². The molecule has 1 aliphatic rings. The summed E-state index contributed by atoms with van der Waals surface area (Å²) in [5.41, 5.74) is 0.780. The predicted molar refractivity (Wildman–Crippen MR) is 85.6 cm³/mol. The number of nitrogens with one attached hydrogen (secondary N) is 3. The number of hydrogen-bond donors (Lipinski definition) is 3. The van der Waals surface area contributed by atoms with Gasteiger partial charge >= 0.3 is 0 Å². The molecule has 1 aliphatic carbocycles. The Morgan fingerprint density at radius 3 is 2.91 bits per heavy atom. The van der Waals surface area contributed by atoms with Crippen molar-refractivity contribution in [2.24, 2.45) is 5.92 Å². The van der Waals surface area contributed by atoms with Gasteiger partial charge in [0, 0.05) is 12.7 Å². The van der Waals surface area contributed by atoms with E-state index in [-0.39, 0.29) is 22.3 Å². The first-order chi connectivity index (χ1) is 10.6. The van der Waals surface area contributed by atoms with Crippen LogP contribution < -0.4 is 10.9 Å². The highest BCUT2D eigenvalue weighted by Gasteiger charge is 2.32. The number of benzene rings is 1. The molecule has 1 atom stereocenters. The van der Waals surface area contributed by atoms with Gasteiger partial charge in [0.25, 0.3) is 11.5 Å². The molecule has 0 spiro atoms. The molecule has 1 fully saturated rings. The van der Waals surface area contributed by atoms with Crippen molar-refractivity contribution in [2.45, 2.75) is 18.9 Å². The minimum atomic E-state index is -0.263. The van der Waals surface area contributed by atoms with E-state index < -0.39 is 0 Å². The Kier molecular flexibility index (Phi) is 4.08. The highest BCUT2D eigenvalue weighted by atomic mass is 32.1. The standard InChI is InChI=1S/C15H17N3O3S/c1-21-7-12(8-2-3-8)16-13(19)9-4-5-10-11(6-9)17-15(22)18-14(10)20/h4-6,8,12H,2-3,7H2,1H3,(H,16,19)(H2,17,18,20,22).